The van der Waals surface area contributed by atoms with E-state index in [9.17, 15) is 0 Å². The molecule has 1 unspecified atom stereocenters. The van der Waals surface area contributed by atoms with Gasteiger partial charge in [0.15, 0.2) is 0 Å². The molecule has 0 aliphatic rings. The van der Waals surface area contributed by atoms with Crippen LogP contribution in [0.3, 0.4) is 0 Å². The van der Waals surface area contributed by atoms with E-state index < -0.39 is 0 Å². The summed E-state index contributed by atoms with van der Waals surface area (Å²) in [7, 11) is 0. The van der Waals surface area contributed by atoms with Crippen molar-refractivity contribution in [3.8, 4) is 16.9 Å². The van der Waals surface area contributed by atoms with Gasteiger partial charge in [0.2, 0.25) is 0 Å². The summed E-state index contributed by atoms with van der Waals surface area (Å²) in [6.07, 6.45) is 8.71. The van der Waals surface area contributed by atoms with Crippen molar-refractivity contribution in [3.63, 3.8) is 0 Å². The lowest BCUT2D eigenvalue weighted by Crippen LogP contribution is -2.01. The fourth-order valence-electron chi connectivity index (χ4n) is 3.12. The topological polar surface area (TPSA) is 18.5 Å². The fourth-order valence-corrected chi connectivity index (χ4v) is 3.12. The molecule has 0 bridgehead atoms. The molecule has 0 aliphatic carbocycles. The van der Waals surface area contributed by atoms with Crippen LogP contribution in [0.4, 0.5) is 0 Å². The van der Waals surface area contributed by atoms with Gasteiger partial charge in [-0.15, -0.1) is 0 Å². The summed E-state index contributed by atoms with van der Waals surface area (Å²) in [4.78, 5) is 0. The van der Waals surface area contributed by atoms with Crippen molar-refractivity contribution in [1.29, 1.82) is 0 Å². The molecule has 2 aromatic rings. The van der Waals surface area contributed by atoms with Gasteiger partial charge < -0.3 is 9.47 Å². The van der Waals surface area contributed by atoms with Crippen LogP contribution in [0.5, 0.6) is 5.75 Å². The number of hydrogen-bond acceptors (Lipinski definition) is 2. The molecular formula is C25H36O2. The molecule has 0 N–H and O–H groups in total. The third-order valence-corrected chi connectivity index (χ3v) is 4.95. The lowest BCUT2D eigenvalue weighted by Gasteiger charge is -2.14. The standard InChI is InChI=1S/C25H36O2/c1-4-6-8-10-20-27-25-17-15-24(16-18-25)23-13-11-22(12-14-23)21(3)26-19-9-7-5-2/h11-18,21H,4-10,19-20H2,1-3H3. The molecule has 148 valence electrons. The lowest BCUT2D eigenvalue weighted by atomic mass is 10.0. The number of ether oxygens (including phenoxy) is 2. The predicted octanol–water partition coefficient (Wildman–Crippen LogP) is 7.58. The van der Waals surface area contributed by atoms with Gasteiger partial charge in [0.05, 0.1) is 12.7 Å². The molecule has 0 saturated carbocycles. The van der Waals surface area contributed by atoms with E-state index in [2.05, 4.69) is 69.3 Å². The van der Waals surface area contributed by atoms with E-state index in [1.807, 2.05) is 0 Å². The quantitative estimate of drug-likeness (QED) is 0.339. The summed E-state index contributed by atoms with van der Waals surface area (Å²) in [5, 5.41) is 0. The Labute approximate surface area is 165 Å². The Kier molecular flexibility index (Phi) is 10.0. The molecule has 2 rings (SSSR count). The zero-order valence-corrected chi connectivity index (χ0v) is 17.4. The van der Waals surface area contributed by atoms with Crippen LogP contribution < -0.4 is 4.74 Å². The smallest absolute Gasteiger partial charge is 0.119 e. The largest absolute Gasteiger partial charge is 0.494 e. The Morgan fingerprint density at radius 1 is 0.667 bits per heavy atom. The van der Waals surface area contributed by atoms with Crippen LogP contribution in [0.1, 0.15) is 77.4 Å². The second-order valence-electron chi connectivity index (χ2n) is 7.28. The second kappa shape index (κ2) is 12.6. The minimum Gasteiger partial charge on any atom is -0.494 e. The average molecular weight is 369 g/mol. The molecule has 0 heterocycles. The molecular weight excluding hydrogens is 332 g/mol. The van der Waals surface area contributed by atoms with E-state index in [0.29, 0.717) is 0 Å². The maximum atomic E-state index is 5.94. The zero-order valence-electron chi connectivity index (χ0n) is 17.4. The Balaban J connectivity index is 1.83. The third kappa shape index (κ3) is 7.76. The van der Waals surface area contributed by atoms with Gasteiger partial charge in [-0.3, -0.25) is 0 Å². The van der Waals surface area contributed by atoms with Crippen molar-refractivity contribution >= 4 is 0 Å². The Bertz CT molecular complexity index is 616. The van der Waals surface area contributed by atoms with Gasteiger partial charge in [-0.25, -0.2) is 0 Å². The SMILES string of the molecule is CCCCCCOc1ccc(-c2ccc(C(C)OCCCCC)cc2)cc1. The molecule has 0 radical (unpaired) electrons. The monoisotopic (exact) mass is 368 g/mol. The molecule has 1 atom stereocenters. The zero-order chi connectivity index (χ0) is 19.3. The van der Waals surface area contributed by atoms with Crippen molar-refractivity contribution < 1.29 is 9.47 Å². The fraction of sp³-hybridized carbons (Fsp3) is 0.520. The van der Waals surface area contributed by atoms with Crippen LogP contribution in [0, 0.1) is 0 Å². The van der Waals surface area contributed by atoms with Gasteiger partial charge >= 0.3 is 0 Å². The Morgan fingerprint density at radius 2 is 1.22 bits per heavy atom. The van der Waals surface area contributed by atoms with Crippen LogP contribution in [-0.2, 0) is 4.74 Å². The Morgan fingerprint density at radius 3 is 1.85 bits per heavy atom. The lowest BCUT2D eigenvalue weighted by molar-refractivity contribution is 0.0630. The van der Waals surface area contributed by atoms with Gasteiger partial charge in [-0.05, 0) is 48.6 Å². The summed E-state index contributed by atoms with van der Waals surface area (Å²) in [5.74, 6) is 0.959. The maximum Gasteiger partial charge on any atom is 0.119 e. The number of benzene rings is 2. The van der Waals surface area contributed by atoms with Gasteiger partial charge in [0.25, 0.3) is 0 Å². The number of rotatable bonds is 13. The molecule has 2 aromatic carbocycles. The molecule has 0 aromatic heterocycles. The van der Waals surface area contributed by atoms with Crippen LogP contribution >= 0.6 is 0 Å². The first-order valence-electron chi connectivity index (χ1n) is 10.7. The number of unbranched alkanes of at least 4 members (excludes halogenated alkanes) is 5. The normalized spacial score (nSPS) is 12.1. The minimum atomic E-state index is 0.152. The van der Waals surface area contributed by atoms with Crippen molar-refractivity contribution in [2.24, 2.45) is 0 Å². The first kappa shape index (κ1) is 21.5. The van der Waals surface area contributed by atoms with Gasteiger partial charge in [-0.1, -0.05) is 82.3 Å². The summed E-state index contributed by atoms with van der Waals surface area (Å²) in [6, 6.07) is 17.1. The summed E-state index contributed by atoms with van der Waals surface area (Å²) in [6.45, 7) is 8.23. The van der Waals surface area contributed by atoms with Crippen molar-refractivity contribution in [2.45, 2.75) is 71.8 Å². The van der Waals surface area contributed by atoms with Crippen molar-refractivity contribution in [2.75, 3.05) is 13.2 Å². The first-order chi connectivity index (χ1) is 13.2. The van der Waals surface area contributed by atoms with E-state index in [-0.39, 0.29) is 6.10 Å². The van der Waals surface area contributed by atoms with Crippen molar-refractivity contribution in [1.82, 2.24) is 0 Å². The predicted molar refractivity (Wildman–Crippen MR) is 115 cm³/mol. The third-order valence-electron chi connectivity index (χ3n) is 4.95. The van der Waals surface area contributed by atoms with Crippen LogP contribution in [0.15, 0.2) is 48.5 Å². The molecule has 2 heteroatoms. The average Bonchev–Trinajstić information content (AvgIpc) is 2.71. The highest BCUT2D eigenvalue weighted by Crippen LogP contribution is 2.25. The summed E-state index contributed by atoms with van der Waals surface area (Å²) in [5.41, 5.74) is 3.69. The minimum absolute atomic E-state index is 0.152. The van der Waals surface area contributed by atoms with E-state index in [0.717, 1.165) is 31.8 Å². The highest BCUT2D eigenvalue weighted by Gasteiger charge is 2.06. The van der Waals surface area contributed by atoms with Gasteiger partial charge in [-0.2, -0.15) is 0 Å². The maximum absolute atomic E-state index is 5.94. The van der Waals surface area contributed by atoms with Crippen LogP contribution in [0.2, 0.25) is 0 Å². The summed E-state index contributed by atoms with van der Waals surface area (Å²) >= 11 is 0. The highest BCUT2D eigenvalue weighted by atomic mass is 16.5. The van der Waals surface area contributed by atoms with Crippen molar-refractivity contribution in [3.05, 3.63) is 54.1 Å². The Hall–Kier alpha value is -1.80. The highest BCUT2D eigenvalue weighted by molar-refractivity contribution is 5.64. The number of hydrogen-bond donors (Lipinski definition) is 0. The van der Waals surface area contributed by atoms with Gasteiger partial charge in [0, 0.05) is 6.61 Å². The van der Waals surface area contributed by atoms with E-state index in [1.165, 1.54) is 48.8 Å². The second-order valence-corrected chi connectivity index (χ2v) is 7.28. The molecule has 27 heavy (non-hydrogen) atoms. The van der Waals surface area contributed by atoms with Gasteiger partial charge in [0.1, 0.15) is 5.75 Å². The molecule has 0 amide bonds. The first-order valence-corrected chi connectivity index (χ1v) is 10.7. The molecule has 2 nitrogen and oxygen atoms in total. The summed E-state index contributed by atoms with van der Waals surface area (Å²) < 4.78 is 11.8. The van der Waals surface area contributed by atoms with Crippen LogP contribution in [-0.4, -0.2) is 13.2 Å². The molecule has 0 spiro atoms. The molecule has 0 fully saturated rings. The van der Waals surface area contributed by atoms with E-state index in [4.69, 9.17) is 9.47 Å². The molecule has 0 aliphatic heterocycles. The van der Waals surface area contributed by atoms with Crippen LogP contribution in [0.25, 0.3) is 11.1 Å². The van der Waals surface area contributed by atoms with E-state index >= 15 is 0 Å². The molecule has 0 saturated heterocycles. The van der Waals surface area contributed by atoms with E-state index in [1.54, 1.807) is 0 Å².